The second-order valence-corrected chi connectivity index (χ2v) is 5.51. The highest BCUT2D eigenvalue weighted by Crippen LogP contribution is 2.32. The van der Waals surface area contributed by atoms with E-state index in [-0.39, 0.29) is 29.3 Å². The van der Waals surface area contributed by atoms with Crippen molar-refractivity contribution in [3.05, 3.63) is 63.8 Å². The van der Waals surface area contributed by atoms with E-state index in [1.807, 2.05) is 0 Å². The molecule has 0 unspecified atom stereocenters. The molecule has 0 radical (unpaired) electrons. The van der Waals surface area contributed by atoms with Gasteiger partial charge in [-0.25, -0.2) is 0 Å². The van der Waals surface area contributed by atoms with Gasteiger partial charge in [-0.1, -0.05) is 27.6 Å². The average Bonchev–Trinajstić information content (AvgIpc) is 2.90. The Hall–Kier alpha value is -2.45. The molecule has 0 atom stereocenters. The van der Waals surface area contributed by atoms with Gasteiger partial charge in [0.15, 0.2) is 5.69 Å². The van der Waals surface area contributed by atoms with Gasteiger partial charge in [0.2, 0.25) is 5.71 Å². The summed E-state index contributed by atoms with van der Waals surface area (Å²) in [6.45, 7) is -0.00321. The molecule has 0 aromatic heterocycles. The Morgan fingerprint density at radius 1 is 1.21 bits per heavy atom. The fraction of sp³-hybridized carbons (Fsp3) is 0.133. The summed E-state index contributed by atoms with van der Waals surface area (Å²) in [5.41, 5.74) is 2.18. The minimum absolute atomic E-state index is 0.00321. The van der Waals surface area contributed by atoms with Gasteiger partial charge < -0.3 is 10.3 Å². The van der Waals surface area contributed by atoms with Crippen molar-refractivity contribution in [3.63, 3.8) is 0 Å². The number of phenolic OH excluding ortho intramolecular Hbond substituents is 1. The summed E-state index contributed by atoms with van der Waals surface area (Å²) in [5.74, 6) is -0.196. The molecule has 0 amide bonds. The number of anilines is 1. The van der Waals surface area contributed by atoms with E-state index in [1.165, 1.54) is 30.3 Å². The first-order valence-electron chi connectivity index (χ1n) is 6.80. The highest BCUT2D eigenvalue weighted by atomic mass is 35.5. The van der Waals surface area contributed by atoms with E-state index < -0.39 is 11.7 Å². The molecule has 5 nitrogen and oxygen atoms in total. The highest BCUT2D eigenvalue weighted by Gasteiger charge is 2.34. The van der Waals surface area contributed by atoms with Gasteiger partial charge in [0.1, 0.15) is 12.3 Å². The standard InChI is InChI=1S/C15H11ClF3N3O2/c16-11-4-5-14(23)12(7-11)21-20-8-13(22(21)24)9-2-1-3-10(6-9)15(17,18)19/h1-7,20,23H,8H2. The van der Waals surface area contributed by atoms with Crippen molar-refractivity contribution in [1.29, 1.82) is 0 Å². The zero-order valence-electron chi connectivity index (χ0n) is 12.0. The lowest BCUT2D eigenvalue weighted by Crippen LogP contribution is -2.36. The molecule has 3 rings (SSSR count). The molecule has 0 bridgehead atoms. The van der Waals surface area contributed by atoms with Crippen LogP contribution in [0.5, 0.6) is 5.75 Å². The summed E-state index contributed by atoms with van der Waals surface area (Å²) in [7, 11) is 0. The van der Waals surface area contributed by atoms with Crippen LogP contribution in [0.15, 0.2) is 42.5 Å². The number of rotatable bonds is 2. The zero-order chi connectivity index (χ0) is 17.5. The van der Waals surface area contributed by atoms with Crippen LogP contribution < -0.4 is 10.5 Å². The van der Waals surface area contributed by atoms with Gasteiger partial charge in [-0.2, -0.15) is 18.6 Å². The number of hydrazine groups is 2. The molecule has 9 heteroatoms. The Morgan fingerprint density at radius 3 is 2.67 bits per heavy atom. The quantitative estimate of drug-likeness (QED) is 0.639. The predicted molar refractivity (Wildman–Crippen MR) is 82.8 cm³/mol. The lowest BCUT2D eigenvalue weighted by Gasteiger charge is -2.17. The second-order valence-electron chi connectivity index (χ2n) is 5.08. The molecule has 0 saturated heterocycles. The third kappa shape index (κ3) is 2.98. The fourth-order valence-corrected chi connectivity index (χ4v) is 2.51. The normalized spacial score (nSPS) is 15.2. The SMILES string of the molecule is [O-][N+]1=C(c2cccc(C(F)(F)F)c2)CNN1c1cc(Cl)ccc1O. The number of nitrogens with one attached hydrogen (secondary N) is 1. The average molecular weight is 358 g/mol. The van der Waals surface area contributed by atoms with E-state index >= 15 is 0 Å². The van der Waals surface area contributed by atoms with Crippen molar-refractivity contribution in [2.75, 3.05) is 11.7 Å². The lowest BCUT2D eigenvalue weighted by molar-refractivity contribution is -0.470. The van der Waals surface area contributed by atoms with Crippen LogP contribution in [0, 0.1) is 5.21 Å². The molecule has 1 heterocycles. The van der Waals surface area contributed by atoms with E-state index in [4.69, 9.17) is 11.6 Å². The fourth-order valence-electron chi connectivity index (χ4n) is 2.34. The third-order valence-corrected chi connectivity index (χ3v) is 3.73. The van der Waals surface area contributed by atoms with Crippen LogP contribution in [0.25, 0.3) is 0 Å². The summed E-state index contributed by atoms with van der Waals surface area (Å²) in [4.78, 5) is 0.390. The minimum Gasteiger partial charge on any atom is -0.595 e. The topological polar surface area (TPSA) is 61.6 Å². The monoisotopic (exact) mass is 357 g/mol. The molecular formula is C15H11ClF3N3O2. The molecule has 1 aliphatic rings. The zero-order valence-corrected chi connectivity index (χ0v) is 12.8. The molecule has 0 saturated carbocycles. The van der Waals surface area contributed by atoms with Crippen molar-refractivity contribution in [2.45, 2.75) is 6.18 Å². The summed E-state index contributed by atoms with van der Waals surface area (Å²) in [6, 6.07) is 8.62. The van der Waals surface area contributed by atoms with Crippen LogP contribution in [-0.4, -0.2) is 22.2 Å². The number of halogens is 4. The Kier molecular flexibility index (Phi) is 4.02. The number of aromatic hydroxyl groups is 1. The molecule has 2 N–H and O–H groups in total. The molecule has 0 aliphatic carbocycles. The second kappa shape index (κ2) is 5.88. The van der Waals surface area contributed by atoms with Crippen LogP contribution in [0.4, 0.5) is 18.9 Å². The van der Waals surface area contributed by atoms with Crippen molar-refractivity contribution in [3.8, 4) is 5.75 Å². The van der Waals surface area contributed by atoms with Crippen molar-refractivity contribution >= 4 is 23.0 Å². The van der Waals surface area contributed by atoms with Gasteiger partial charge in [0.05, 0.1) is 5.56 Å². The number of alkyl halides is 3. The first-order valence-corrected chi connectivity index (χ1v) is 7.18. The van der Waals surface area contributed by atoms with Crippen LogP contribution in [-0.2, 0) is 6.18 Å². The van der Waals surface area contributed by atoms with E-state index in [0.717, 1.165) is 17.3 Å². The summed E-state index contributed by atoms with van der Waals surface area (Å²) >= 11 is 5.85. The summed E-state index contributed by atoms with van der Waals surface area (Å²) in [6.07, 6.45) is -4.50. The number of phenols is 1. The van der Waals surface area contributed by atoms with Crippen LogP contribution in [0.1, 0.15) is 11.1 Å². The molecule has 24 heavy (non-hydrogen) atoms. The smallest absolute Gasteiger partial charge is 0.416 e. The number of hydrazone groups is 1. The largest absolute Gasteiger partial charge is 0.595 e. The number of benzene rings is 2. The Morgan fingerprint density at radius 2 is 1.96 bits per heavy atom. The van der Waals surface area contributed by atoms with Crippen molar-refractivity contribution in [2.24, 2.45) is 0 Å². The Balaban J connectivity index is 2.01. The maximum Gasteiger partial charge on any atom is 0.416 e. The van der Waals surface area contributed by atoms with Gasteiger partial charge in [-0.05, 0) is 36.4 Å². The Labute approximate surface area is 139 Å². The van der Waals surface area contributed by atoms with E-state index in [2.05, 4.69) is 5.43 Å². The van der Waals surface area contributed by atoms with Crippen molar-refractivity contribution in [1.82, 2.24) is 5.43 Å². The maximum absolute atomic E-state index is 12.8. The molecule has 126 valence electrons. The number of hydrogen-bond acceptors (Lipinski definition) is 4. The van der Waals surface area contributed by atoms with Crippen LogP contribution in [0.2, 0.25) is 5.02 Å². The van der Waals surface area contributed by atoms with Crippen LogP contribution >= 0.6 is 11.6 Å². The first kappa shape index (κ1) is 16.4. The summed E-state index contributed by atoms with van der Waals surface area (Å²) in [5, 5.41) is 23.6. The van der Waals surface area contributed by atoms with E-state index in [1.54, 1.807) is 0 Å². The van der Waals surface area contributed by atoms with Gasteiger partial charge in [-0.15, -0.1) is 0 Å². The first-order chi connectivity index (χ1) is 11.3. The lowest BCUT2D eigenvalue weighted by atomic mass is 10.1. The van der Waals surface area contributed by atoms with E-state index in [0.29, 0.717) is 9.87 Å². The predicted octanol–water partition coefficient (Wildman–Crippen LogP) is 3.30. The molecule has 0 fully saturated rings. The molecular weight excluding hydrogens is 347 g/mol. The van der Waals surface area contributed by atoms with E-state index in [9.17, 15) is 23.5 Å². The molecule has 2 aromatic rings. The van der Waals surface area contributed by atoms with Gasteiger partial charge in [0.25, 0.3) is 0 Å². The molecule has 1 aliphatic heterocycles. The maximum atomic E-state index is 12.8. The Bertz CT molecular complexity index is 824. The number of nitrogens with zero attached hydrogens (tertiary/aromatic N) is 2. The molecule has 0 spiro atoms. The summed E-state index contributed by atoms with van der Waals surface area (Å²) < 4.78 is 38.4. The third-order valence-electron chi connectivity index (χ3n) is 3.50. The van der Waals surface area contributed by atoms with Gasteiger partial charge >= 0.3 is 6.18 Å². The minimum atomic E-state index is -4.50. The molecule has 2 aromatic carbocycles. The van der Waals surface area contributed by atoms with Crippen molar-refractivity contribution < 1.29 is 23.1 Å². The van der Waals surface area contributed by atoms with Gasteiger partial charge in [-0.3, -0.25) is 0 Å². The number of hydrogen-bond donors (Lipinski definition) is 2. The highest BCUT2D eigenvalue weighted by molar-refractivity contribution is 6.30. The van der Waals surface area contributed by atoms with Crippen LogP contribution in [0.3, 0.4) is 0 Å². The van der Waals surface area contributed by atoms with Gasteiger partial charge in [0, 0.05) is 10.6 Å².